The molecule has 0 saturated heterocycles. The molecule has 1 amide bonds. The third kappa shape index (κ3) is 4.17. The van der Waals surface area contributed by atoms with Crippen molar-refractivity contribution in [3.8, 4) is 0 Å². The number of aromatic nitrogens is 1. The summed E-state index contributed by atoms with van der Waals surface area (Å²) in [4.78, 5) is 16.2. The molecule has 0 aliphatic carbocycles. The maximum absolute atomic E-state index is 11.8. The van der Waals surface area contributed by atoms with Gasteiger partial charge in [-0.3, -0.25) is 4.79 Å². The molecule has 1 aromatic heterocycles. The average molecular weight is 274 g/mol. The number of aryl methyl sites for hydroxylation is 1. The van der Waals surface area contributed by atoms with Gasteiger partial charge in [-0.05, 0) is 17.9 Å². The number of carbonyl (C=O) groups excluding carboxylic acids is 1. The fourth-order valence-electron chi connectivity index (χ4n) is 1.69. The molecule has 0 aliphatic rings. The Balaban J connectivity index is 1.84. The van der Waals surface area contributed by atoms with Crippen molar-refractivity contribution in [1.29, 1.82) is 0 Å². The Morgan fingerprint density at radius 3 is 2.68 bits per heavy atom. The number of carbonyl (C=O) groups is 1. The van der Waals surface area contributed by atoms with Gasteiger partial charge in [-0.1, -0.05) is 44.2 Å². The van der Waals surface area contributed by atoms with Crippen LogP contribution in [0.4, 0.5) is 5.13 Å². The first kappa shape index (κ1) is 13.7. The van der Waals surface area contributed by atoms with Crippen LogP contribution in [0.5, 0.6) is 0 Å². The van der Waals surface area contributed by atoms with E-state index in [4.69, 9.17) is 0 Å². The first-order chi connectivity index (χ1) is 9.15. The lowest BCUT2D eigenvalue weighted by Gasteiger charge is -2.02. The number of rotatable bonds is 5. The van der Waals surface area contributed by atoms with Gasteiger partial charge in [-0.2, -0.15) is 0 Å². The smallest absolute Gasteiger partial charge is 0.226 e. The first-order valence-corrected chi connectivity index (χ1v) is 7.32. The maximum Gasteiger partial charge on any atom is 0.226 e. The molecule has 1 aromatic carbocycles. The van der Waals surface area contributed by atoms with Crippen LogP contribution in [0.15, 0.2) is 35.7 Å². The summed E-state index contributed by atoms with van der Waals surface area (Å²) < 4.78 is 0. The third-order valence-electron chi connectivity index (χ3n) is 2.84. The fraction of sp³-hybridized carbons (Fsp3) is 0.333. The van der Waals surface area contributed by atoms with Crippen LogP contribution in [0.3, 0.4) is 0 Å². The molecule has 4 heteroatoms. The van der Waals surface area contributed by atoms with E-state index in [0.717, 1.165) is 12.1 Å². The number of nitrogens with zero attached hydrogens (tertiary/aromatic N) is 1. The molecule has 19 heavy (non-hydrogen) atoms. The number of hydrogen-bond acceptors (Lipinski definition) is 3. The fourth-order valence-corrected chi connectivity index (χ4v) is 2.58. The molecule has 100 valence electrons. The van der Waals surface area contributed by atoms with Crippen molar-refractivity contribution in [3.63, 3.8) is 0 Å². The summed E-state index contributed by atoms with van der Waals surface area (Å²) in [7, 11) is 0. The molecule has 0 radical (unpaired) electrons. The first-order valence-electron chi connectivity index (χ1n) is 6.44. The van der Waals surface area contributed by atoms with Crippen molar-refractivity contribution in [2.45, 2.75) is 32.6 Å². The summed E-state index contributed by atoms with van der Waals surface area (Å²) in [5, 5.41) is 5.55. The lowest BCUT2D eigenvalue weighted by atomic mass is 10.1. The monoisotopic (exact) mass is 274 g/mol. The average Bonchev–Trinajstić information content (AvgIpc) is 2.86. The Morgan fingerprint density at radius 1 is 1.32 bits per heavy atom. The van der Waals surface area contributed by atoms with Gasteiger partial charge in [0.1, 0.15) is 0 Å². The minimum atomic E-state index is 0.0218. The zero-order valence-corrected chi connectivity index (χ0v) is 12.0. The molecule has 3 nitrogen and oxygen atoms in total. The van der Waals surface area contributed by atoms with Crippen LogP contribution in [0.1, 0.15) is 37.4 Å². The zero-order chi connectivity index (χ0) is 13.7. The van der Waals surface area contributed by atoms with Gasteiger partial charge in [0.25, 0.3) is 0 Å². The van der Waals surface area contributed by atoms with E-state index in [1.807, 2.05) is 35.7 Å². The number of hydrogen-bond donors (Lipinski definition) is 1. The molecule has 0 saturated carbocycles. The van der Waals surface area contributed by atoms with Crippen molar-refractivity contribution < 1.29 is 4.79 Å². The molecular weight excluding hydrogens is 256 g/mol. The Morgan fingerprint density at radius 2 is 2.05 bits per heavy atom. The number of thiazole rings is 1. The van der Waals surface area contributed by atoms with Gasteiger partial charge in [-0.25, -0.2) is 4.98 Å². The van der Waals surface area contributed by atoms with Crippen LogP contribution in [0.25, 0.3) is 0 Å². The predicted octanol–water partition coefficient (Wildman–Crippen LogP) is 3.84. The summed E-state index contributed by atoms with van der Waals surface area (Å²) >= 11 is 1.48. The van der Waals surface area contributed by atoms with Crippen LogP contribution in [0, 0.1) is 0 Å². The Labute approximate surface area is 117 Å². The molecule has 0 atom stereocenters. The molecule has 0 unspecified atom stereocenters. The Bertz CT molecular complexity index is 534. The van der Waals surface area contributed by atoms with Crippen LogP contribution in [-0.4, -0.2) is 10.9 Å². The number of anilines is 1. The molecular formula is C15H18N2OS. The third-order valence-corrected chi connectivity index (χ3v) is 3.62. The number of amides is 1. The van der Waals surface area contributed by atoms with Crippen LogP contribution >= 0.6 is 11.3 Å². The Kier molecular flexibility index (Phi) is 4.68. The van der Waals surface area contributed by atoms with Crippen LogP contribution < -0.4 is 5.32 Å². The lowest BCUT2D eigenvalue weighted by Crippen LogP contribution is -2.12. The lowest BCUT2D eigenvalue weighted by molar-refractivity contribution is -0.116. The van der Waals surface area contributed by atoms with Gasteiger partial charge in [-0.15, -0.1) is 11.3 Å². The molecule has 1 heterocycles. The van der Waals surface area contributed by atoms with E-state index >= 15 is 0 Å². The minimum Gasteiger partial charge on any atom is -0.302 e. The minimum absolute atomic E-state index is 0.0218. The highest BCUT2D eigenvalue weighted by molar-refractivity contribution is 7.13. The topological polar surface area (TPSA) is 42.0 Å². The standard InChI is InChI=1S/C15H18N2OS/c1-11(2)13-10-19-15(16-13)17-14(18)9-8-12-6-4-3-5-7-12/h3-7,10-11H,8-9H2,1-2H3,(H,16,17,18). The van der Waals surface area contributed by atoms with Gasteiger partial charge in [0, 0.05) is 11.8 Å². The van der Waals surface area contributed by atoms with Gasteiger partial charge < -0.3 is 5.32 Å². The second-order valence-electron chi connectivity index (χ2n) is 4.77. The van der Waals surface area contributed by atoms with E-state index in [1.54, 1.807) is 0 Å². The van der Waals surface area contributed by atoms with Crippen molar-refractivity contribution >= 4 is 22.4 Å². The van der Waals surface area contributed by atoms with Crippen LogP contribution in [0.2, 0.25) is 0 Å². The van der Waals surface area contributed by atoms with Gasteiger partial charge in [0.2, 0.25) is 5.91 Å². The summed E-state index contributed by atoms with van der Waals surface area (Å²) in [5.41, 5.74) is 2.21. The molecule has 2 rings (SSSR count). The molecule has 2 aromatic rings. The molecule has 0 fully saturated rings. The van der Waals surface area contributed by atoms with Gasteiger partial charge in [0.05, 0.1) is 5.69 Å². The molecule has 0 aliphatic heterocycles. The van der Waals surface area contributed by atoms with E-state index in [-0.39, 0.29) is 5.91 Å². The normalized spacial score (nSPS) is 10.7. The second kappa shape index (κ2) is 6.48. The molecule has 1 N–H and O–H groups in total. The quantitative estimate of drug-likeness (QED) is 0.900. The molecule has 0 spiro atoms. The summed E-state index contributed by atoms with van der Waals surface area (Å²) in [6.45, 7) is 4.19. The van der Waals surface area contributed by atoms with Crippen molar-refractivity contribution in [1.82, 2.24) is 4.98 Å². The van der Waals surface area contributed by atoms with E-state index in [1.165, 1.54) is 16.9 Å². The van der Waals surface area contributed by atoms with Gasteiger partial charge in [0.15, 0.2) is 5.13 Å². The summed E-state index contributed by atoms with van der Waals surface area (Å²) in [6, 6.07) is 10.0. The highest BCUT2D eigenvalue weighted by Crippen LogP contribution is 2.21. The zero-order valence-electron chi connectivity index (χ0n) is 11.2. The highest BCUT2D eigenvalue weighted by Gasteiger charge is 2.08. The highest BCUT2D eigenvalue weighted by atomic mass is 32.1. The number of benzene rings is 1. The van der Waals surface area contributed by atoms with Crippen molar-refractivity contribution in [2.75, 3.05) is 5.32 Å². The van der Waals surface area contributed by atoms with Crippen LogP contribution in [-0.2, 0) is 11.2 Å². The van der Waals surface area contributed by atoms with E-state index in [9.17, 15) is 4.79 Å². The maximum atomic E-state index is 11.8. The summed E-state index contributed by atoms with van der Waals surface area (Å²) in [6.07, 6.45) is 1.25. The van der Waals surface area contributed by atoms with Crippen molar-refractivity contribution in [2.24, 2.45) is 0 Å². The van der Waals surface area contributed by atoms with E-state index in [2.05, 4.69) is 24.1 Å². The van der Waals surface area contributed by atoms with Crippen molar-refractivity contribution in [3.05, 3.63) is 47.0 Å². The largest absolute Gasteiger partial charge is 0.302 e. The second-order valence-corrected chi connectivity index (χ2v) is 5.62. The predicted molar refractivity (Wildman–Crippen MR) is 79.6 cm³/mol. The van der Waals surface area contributed by atoms with E-state index < -0.39 is 0 Å². The molecule has 0 bridgehead atoms. The summed E-state index contributed by atoms with van der Waals surface area (Å²) in [5.74, 6) is 0.416. The van der Waals surface area contributed by atoms with E-state index in [0.29, 0.717) is 17.5 Å². The SMILES string of the molecule is CC(C)c1csc(NC(=O)CCc2ccccc2)n1. The number of nitrogens with one attached hydrogen (secondary N) is 1. The Hall–Kier alpha value is -1.68. The van der Waals surface area contributed by atoms with Gasteiger partial charge >= 0.3 is 0 Å².